The second-order valence-corrected chi connectivity index (χ2v) is 4.98. The fraction of sp³-hybridized carbons (Fsp3) is 0.176. The second-order valence-electron chi connectivity index (χ2n) is 4.98. The van der Waals surface area contributed by atoms with Crippen LogP contribution in [0.5, 0.6) is 0 Å². The quantitative estimate of drug-likeness (QED) is 0.920. The molecule has 21 heavy (non-hydrogen) atoms. The number of benzene rings is 1. The van der Waals surface area contributed by atoms with Crippen LogP contribution in [-0.4, -0.2) is 5.91 Å². The number of fused-ring (bicyclic) bond motifs is 1. The third-order valence-electron chi connectivity index (χ3n) is 3.55. The van der Waals surface area contributed by atoms with Crippen LogP contribution < -0.4 is 10.9 Å². The number of anilines is 1. The number of carbonyl (C=O) groups excluding carboxylic acids is 1. The first-order valence-electron chi connectivity index (χ1n) is 6.84. The summed E-state index contributed by atoms with van der Waals surface area (Å²) in [5.41, 5.74) is 1.62. The van der Waals surface area contributed by atoms with E-state index in [2.05, 4.69) is 5.32 Å². The van der Waals surface area contributed by atoms with E-state index in [1.54, 1.807) is 18.2 Å². The highest BCUT2D eigenvalue weighted by Crippen LogP contribution is 2.35. The van der Waals surface area contributed by atoms with E-state index in [-0.39, 0.29) is 18.2 Å². The van der Waals surface area contributed by atoms with Crippen LogP contribution in [0.25, 0.3) is 6.08 Å². The maximum absolute atomic E-state index is 12.3. The highest BCUT2D eigenvalue weighted by atomic mass is 16.4. The number of nitrogens with one attached hydrogen (secondary N) is 1. The van der Waals surface area contributed by atoms with Crippen molar-refractivity contribution in [3.05, 3.63) is 69.8 Å². The van der Waals surface area contributed by atoms with Gasteiger partial charge in [-0.25, -0.2) is 4.79 Å². The zero-order valence-corrected chi connectivity index (χ0v) is 11.6. The molecular weight excluding hydrogens is 266 g/mol. The molecule has 3 rings (SSSR count). The lowest BCUT2D eigenvalue weighted by atomic mass is 9.86. The molecule has 0 saturated heterocycles. The Morgan fingerprint density at radius 2 is 2.00 bits per heavy atom. The normalized spacial score (nSPS) is 17.6. The minimum Gasteiger partial charge on any atom is -0.423 e. The van der Waals surface area contributed by atoms with Gasteiger partial charge in [0.15, 0.2) is 0 Å². The molecule has 2 heterocycles. The molecule has 0 aliphatic carbocycles. The minimum absolute atomic E-state index is 0.0895. The molecule has 106 valence electrons. The molecule has 1 unspecified atom stereocenters. The third-order valence-corrected chi connectivity index (χ3v) is 3.55. The number of rotatable bonds is 2. The summed E-state index contributed by atoms with van der Waals surface area (Å²) in [4.78, 5) is 24.2. The van der Waals surface area contributed by atoms with Crippen LogP contribution in [-0.2, 0) is 4.79 Å². The summed E-state index contributed by atoms with van der Waals surface area (Å²) in [5.74, 6) is 0.0921. The van der Waals surface area contributed by atoms with Crippen LogP contribution in [0.3, 0.4) is 0 Å². The van der Waals surface area contributed by atoms with Gasteiger partial charge < -0.3 is 9.73 Å². The fourth-order valence-electron chi connectivity index (χ4n) is 2.66. The number of allylic oxidation sites excluding steroid dienone is 1. The molecule has 1 N–H and O–H groups in total. The molecule has 1 aromatic heterocycles. The van der Waals surface area contributed by atoms with Crippen LogP contribution in [0.1, 0.15) is 36.1 Å². The van der Waals surface area contributed by atoms with Gasteiger partial charge in [0.1, 0.15) is 5.76 Å². The Bertz CT molecular complexity index is 759. The van der Waals surface area contributed by atoms with E-state index >= 15 is 0 Å². The van der Waals surface area contributed by atoms with Gasteiger partial charge in [-0.05, 0) is 18.6 Å². The Labute approximate surface area is 122 Å². The Morgan fingerprint density at radius 3 is 2.71 bits per heavy atom. The zero-order chi connectivity index (χ0) is 14.8. The summed E-state index contributed by atoms with van der Waals surface area (Å²) in [7, 11) is 0. The van der Waals surface area contributed by atoms with E-state index in [1.165, 1.54) is 0 Å². The van der Waals surface area contributed by atoms with Crippen molar-refractivity contribution in [3.8, 4) is 0 Å². The molecule has 0 saturated carbocycles. The fourth-order valence-corrected chi connectivity index (χ4v) is 2.66. The van der Waals surface area contributed by atoms with Crippen molar-refractivity contribution in [1.29, 1.82) is 0 Å². The molecule has 4 heteroatoms. The Hall–Kier alpha value is -2.62. The minimum atomic E-state index is -0.394. The summed E-state index contributed by atoms with van der Waals surface area (Å²) in [6.07, 6.45) is 3.73. The van der Waals surface area contributed by atoms with Crippen molar-refractivity contribution in [2.24, 2.45) is 0 Å². The summed E-state index contributed by atoms with van der Waals surface area (Å²) in [6, 6.07) is 11.3. The van der Waals surface area contributed by atoms with Crippen LogP contribution >= 0.6 is 0 Å². The van der Waals surface area contributed by atoms with Crippen LogP contribution in [0.15, 0.2) is 51.7 Å². The van der Waals surface area contributed by atoms with Crippen LogP contribution in [0, 0.1) is 0 Å². The Kier molecular flexibility index (Phi) is 3.44. The number of hydrogen-bond donors (Lipinski definition) is 1. The van der Waals surface area contributed by atoms with Gasteiger partial charge >= 0.3 is 5.63 Å². The molecule has 0 bridgehead atoms. The SMILES string of the molecule is C/C=C/c1cc2c(c(=O)o1)C(c1ccccc1)CC(=O)N2. The molecular formula is C17H15NO3. The summed E-state index contributed by atoms with van der Waals surface area (Å²) in [5, 5.41) is 2.77. The molecule has 0 spiro atoms. The summed E-state index contributed by atoms with van der Waals surface area (Å²) >= 11 is 0. The molecule has 1 aromatic carbocycles. The van der Waals surface area contributed by atoms with Gasteiger partial charge in [-0.1, -0.05) is 36.4 Å². The first kappa shape index (κ1) is 13.4. The Morgan fingerprint density at radius 1 is 1.24 bits per heavy atom. The number of hydrogen-bond acceptors (Lipinski definition) is 3. The molecule has 4 nitrogen and oxygen atoms in total. The predicted octanol–water partition coefficient (Wildman–Crippen LogP) is 3.15. The van der Waals surface area contributed by atoms with Crippen molar-refractivity contribution >= 4 is 17.7 Å². The van der Waals surface area contributed by atoms with E-state index in [0.717, 1.165) is 5.56 Å². The topological polar surface area (TPSA) is 59.3 Å². The highest BCUT2D eigenvalue weighted by Gasteiger charge is 2.30. The molecule has 1 aliphatic heterocycles. The van der Waals surface area contributed by atoms with E-state index in [0.29, 0.717) is 17.0 Å². The van der Waals surface area contributed by atoms with Gasteiger partial charge in [-0.3, -0.25) is 4.79 Å². The van der Waals surface area contributed by atoms with Crippen LogP contribution in [0.2, 0.25) is 0 Å². The second kappa shape index (κ2) is 5.40. The Balaban J connectivity index is 2.17. The summed E-state index contributed by atoms with van der Waals surface area (Å²) < 4.78 is 5.31. The maximum Gasteiger partial charge on any atom is 0.342 e. The van der Waals surface area contributed by atoms with Crippen molar-refractivity contribution in [3.63, 3.8) is 0 Å². The van der Waals surface area contributed by atoms with Gasteiger partial charge in [-0.15, -0.1) is 0 Å². The smallest absolute Gasteiger partial charge is 0.342 e. The molecule has 1 amide bonds. The van der Waals surface area contributed by atoms with E-state index in [1.807, 2.05) is 37.3 Å². The lowest BCUT2D eigenvalue weighted by Crippen LogP contribution is -2.28. The van der Waals surface area contributed by atoms with Crippen molar-refractivity contribution in [2.75, 3.05) is 5.32 Å². The largest absolute Gasteiger partial charge is 0.423 e. The van der Waals surface area contributed by atoms with Gasteiger partial charge in [0.2, 0.25) is 5.91 Å². The predicted molar refractivity (Wildman–Crippen MR) is 81.2 cm³/mol. The van der Waals surface area contributed by atoms with E-state index < -0.39 is 5.63 Å². The molecule has 2 aromatic rings. The van der Waals surface area contributed by atoms with E-state index in [9.17, 15) is 9.59 Å². The van der Waals surface area contributed by atoms with Gasteiger partial charge in [0, 0.05) is 18.4 Å². The molecule has 0 radical (unpaired) electrons. The highest BCUT2D eigenvalue weighted by molar-refractivity contribution is 5.95. The zero-order valence-electron chi connectivity index (χ0n) is 11.6. The molecule has 0 fully saturated rings. The van der Waals surface area contributed by atoms with Gasteiger partial charge in [-0.2, -0.15) is 0 Å². The number of amides is 1. The van der Waals surface area contributed by atoms with E-state index in [4.69, 9.17) is 4.42 Å². The number of carbonyl (C=O) groups is 1. The first-order chi connectivity index (χ1) is 10.2. The average molecular weight is 281 g/mol. The maximum atomic E-state index is 12.3. The van der Waals surface area contributed by atoms with Crippen molar-refractivity contribution < 1.29 is 9.21 Å². The van der Waals surface area contributed by atoms with Gasteiger partial charge in [0.05, 0.1) is 11.3 Å². The average Bonchev–Trinajstić information content (AvgIpc) is 2.47. The van der Waals surface area contributed by atoms with Crippen LogP contribution in [0.4, 0.5) is 5.69 Å². The lowest BCUT2D eigenvalue weighted by Gasteiger charge is -2.24. The van der Waals surface area contributed by atoms with Gasteiger partial charge in [0.25, 0.3) is 0 Å². The standard InChI is InChI=1S/C17H15NO3/c1-2-6-12-9-14-16(17(20)21-12)13(10-15(19)18-14)11-7-4-3-5-8-11/h2-9,13H,10H2,1H3,(H,18,19)/b6-2+. The molecule has 1 aliphatic rings. The third kappa shape index (κ3) is 2.52. The van der Waals surface area contributed by atoms with Crippen molar-refractivity contribution in [1.82, 2.24) is 0 Å². The molecule has 1 atom stereocenters. The van der Waals surface area contributed by atoms with Crippen molar-refractivity contribution in [2.45, 2.75) is 19.3 Å². The monoisotopic (exact) mass is 281 g/mol. The first-order valence-corrected chi connectivity index (χ1v) is 6.84. The summed E-state index contributed by atoms with van der Waals surface area (Å²) in [6.45, 7) is 1.84. The lowest BCUT2D eigenvalue weighted by molar-refractivity contribution is -0.116.